The first-order valence-electron chi connectivity index (χ1n) is 3.88. The topological polar surface area (TPSA) is 85.9 Å². The van der Waals surface area contributed by atoms with Gasteiger partial charge in [0.25, 0.3) is 0 Å². The van der Waals surface area contributed by atoms with Gasteiger partial charge in [-0.05, 0) is 22.9 Å². The van der Waals surface area contributed by atoms with E-state index < -0.39 is 21.4 Å². The molecule has 0 saturated carbocycles. The van der Waals surface area contributed by atoms with E-state index in [0.717, 1.165) is 6.92 Å². The van der Waals surface area contributed by atoms with Crippen LogP contribution < -0.4 is 5.14 Å². The van der Waals surface area contributed by atoms with Crippen LogP contribution in [0.1, 0.15) is 12.7 Å². The van der Waals surface area contributed by atoms with Crippen LogP contribution in [0, 0.1) is 0 Å². The number of aromatic nitrogens is 2. The normalized spacial score (nSPS) is 16.0. The summed E-state index contributed by atoms with van der Waals surface area (Å²) in [5.74, 6) is -1.05. The molecule has 0 aromatic carbocycles. The van der Waals surface area contributed by atoms with Crippen LogP contribution in [0.2, 0.25) is 0 Å². The summed E-state index contributed by atoms with van der Waals surface area (Å²) in [6.45, 7) is 1.07. The smallest absolute Gasteiger partial charge is 0.212 e. The fourth-order valence-electron chi connectivity index (χ4n) is 1.02. The zero-order chi connectivity index (χ0) is 11.7. The van der Waals surface area contributed by atoms with Gasteiger partial charge in [-0.1, -0.05) is 0 Å². The molecule has 8 heteroatoms. The second-order valence-electron chi connectivity index (χ2n) is 3.23. The second-order valence-corrected chi connectivity index (χ2v) is 5.76. The minimum atomic E-state index is -3.91. The lowest BCUT2D eigenvalue weighted by Crippen LogP contribution is -2.32. The molecule has 0 aliphatic heterocycles. The SMILES string of the molecule is CC(F)(CS(N)(=O)=O)c1ncc(Br)cn1. The largest absolute Gasteiger partial charge is 0.237 e. The summed E-state index contributed by atoms with van der Waals surface area (Å²) in [4.78, 5) is 7.36. The summed E-state index contributed by atoms with van der Waals surface area (Å²) in [5, 5.41) is 4.76. The standard InChI is InChI=1S/C7H9BrFN3O2S/c1-7(9,4-15(10,13)14)6-11-2-5(8)3-12-6/h2-3H,4H2,1H3,(H2,10,13,14). The van der Waals surface area contributed by atoms with E-state index in [0.29, 0.717) is 4.47 Å². The third kappa shape index (κ3) is 3.80. The van der Waals surface area contributed by atoms with Crippen LogP contribution in [-0.4, -0.2) is 24.1 Å². The van der Waals surface area contributed by atoms with Crippen molar-refractivity contribution < 1.29 is 12.8 Å². The Kier molecular flexibility index (Phi) is 3.41. The van der Waals surface area contributed by atoms with Crippen molar-refractivity contribution in [1.29, 1.82) is 0 Å². The number of hydrogen-bond donors (Lipinski definition) is 1. The highest BCUT2D eigenvalue weighted by atomic mass is 79.9. The molecule has 1 aromatic rings. The van der Waals surface area contributed by atoms with Gasteiger partial charge in [-0.15, -0.1) is 0 Å². The molecule has 1 unspecified atom stereocenters. The van der Waals surface area contributed by atoms with Gasteiger partial charge in [0.2, 0.25) is 10.0 Å². The predicted molar refractivity (Wildman–Crippen MR) is 56.2 cm³/mol. The monoisotopic (exact) mass is 297 g/mol. The fraction of sp³-hybridized carbons (Fsp3) is 0.429. The zero-order valence-corrected chi connectivity index (χ0v) is 10.2. The molecule has 0 bridgehead atoms. The van der Waals surface area contributed by atoms with E-state index in [-0.39, 0.29) is 5.82 Å². The van der Waals surface area contributed by atoms with E-state index in [1.54, 1.807) is 0 Å². The molecule has 84 valence electrons. The van der Waals surface area contributed by atoms with Crippen molar-refractivity contribution in [2.75, 3.05) is 5.75 Å². The van der Waals surface area contributed by atoms with E-state index in [1.165, 1.54) is 12.4 Å². The summed E-state index contributed by atoms with van der Waals surface area (Å²) in [6, 6.07) is 0. The molecule has 0 fully saturated rings. The third-order valence-corrected chi connectivity index (χ3v) is 2.91. The summed E-state index contributed by atoms with van der Waals surface area (Å²) in [6.07, 6.45) is 2.67. The predicted octanol–water partition coefficient (Wildman–Crippen LogP) is 0.712. The molecule has 0 aliphatic carbocycles. The van der Waals surface area contributed by atoms with Gasteiger partial charge >= 0.3 is 0 Å². The van der Waals surface area contributed by atoms with Gasteiger partial charge in [0.15, 0.2) is 11.5 Å². The molecular weight excluding hydrogens is 289 g/mol. The van der Waals surface area contributed by atoms with Crippen LogP contribution in [0.5, 0.6) is 0 Å². The van der Waals surface area contributed by atoms with Crippen molar-refractivity contribution >= 4 is 26.0 Å². The maximum absolute atomic E-state index is 13.9. The first kappa shape index (κ1) is 12.5. The molecule has 0 radical (unpaired) electrons. The van der Waals surface area contributed by atoms with Crippen molar-refractivity contribution in [3.05, 3.63) is 22.7 Å². The Balaban J connectivity index is 3.00. The van der Waals surface area contributed by atoms with Crippen LogP contribution in [0.4, 0.5) is 4.39 Å². The van der Waals surface area contributed by atoms with Crippen molar-refractivity contribution in [3.63, 3.8) is 0 Å². The number of primary sulfonamides is 1. The van der Waals surface area contributed by atoms with Crippen molar-refractivity contribution in [1.82, 2.24) is 9.97 Å². The molecule has 2 N–H and O–H groups in total. The fourth-order valence-corrected chi connectivity index (χ4v) is 2.11. The first-order chi connectivity index (χ1) is 6.71. The highest BCUT2D eigenvalue weighted by molar-refractivity contribution is 9.10. The van der Waals surface area contributed by atoms with E-state index in [2.05, 4.69) is 25.9 Å². The highest BCUT2D eigenvalue weighted by Crippen LogP contribution is 2.23. The Morgan fingerprint density at radius 1 is 1.53 bits per heavy atom. The number of nitrogens with zero attached hydrogens (tertiary/aromatic N) is 2. The number of rotatable bonds is 3. The van der Waals surface area contributed by atoms with E-state index >= 15 is 0 Å². The third-order valence-electron chi connectivity index (χ3n) is 1.56. The Hall–Kier alpha value is -0.600. The Bertz CT molecular complexity index is 446. The molecule has 1 heterocycles. The number of alkyl halides is 1. The number of nitrogens with two attached hydrogens (primary N) is 1. The zero-order valence-electron chi connectivity index (χ0n) is 7.81. The van der Waals surface area contributed by atoms with Crippen molar-refractivity contribution in [2.45, 2.75) is 12.6 Å². The summed E-state index contributed by atoms with van der Waals surface area (Å²) in [7, 11) is -3.91. The van der Waals surface area contributed by atoms with E-state index in [1.807, 2.05) is 0 Å². The van der Waals surface area contributed by atoms with Crippen LogP contribution in [0.25, 0.3) is 0 Å². The lowest BCUT2D eigenvalue weighted by molar-refractivity contribution is 0.209. The van der Waals surface area contributed by atoms with E-state index in [4.69, 9.17) is 5.14 Å². The maximum Gasteiger partial charge on any atom is 0.212 e. The van der Waals surface area contributed by atoms with Gasteiger partial charge in [-0.3, -0.25) is 0 Å². The molecule has 1 atom stereocenters. The molecule has 0 spiro atoms. The summed E-state index contributed by atoms with van der Waals surface area (Å²) in [5.41, 5.74) is -2.19. The number of sulfonamides is 1. The molecule has 0 amide bonds. The molecule has 5 nitrogen and oxygen atoms in total. The molecule has 1 rings (SSSR count). The molecule has 0 aliphatic rings. The highest BCUT2D eigenvalue weighted by Gasteiger charge is 2.33. The molecule has 15 heavy (non-hydrogen) atoms. The molecule has 1 aromatic heterocycles. The van der Waals surface area contributed by atoms with Gasteiger partial charge in [0.05, 0.1) is 4.47 Å². The van der Waals surface area contributed by atoms with Crippen LogP contribution >= 0.6 is 15.9 Å². The average molecular weight is 298 g/mol. The van der Waals surface area contributed by atoms with Crippen LogP contribution in [0.3, 0.4) is 0 Å². The van der Waals surface area contributed by atoms with Crippen molar-refractivity contribution in [2.24, 2.45) is 5.14 Å². The van der Waals surface area contributed by atoms with Gasteiger partial charge in [0, 0.05) is 12.4 Å². The maximum atomic E-state index is 13.9. The van der Waals surface area contributed by atoms with Crippen LogP contribution in [-0.2, 0) is 15.7 Å². The Morgan fingerprint density at radius 3 is 2.40 bits per heavy atom. The second kappa shape index (κ2) is 4.11. The molecular formula is C7H9BrFN3O2S. The summed E-state index contributed by atoms with van der Waals surface area (Å²) >= 11 is 3.08. The van der Waals surface area contributed by atoms with Gasteiger partial charge in [-0.2, -0.15) is 0 Å². The van der Waals surface area contributed by atoms with Gasteiger partial charge in [0.1, 0.15) is 5.75 Å². The average Bonchev–Trinajstić information content (AvgIpc) is 2.00. The quantitative estimate of drug-likeness (QED) is 0.890. The lowest BCUT2D eigenvalue weighted by Gasteiger charge is -2.16. The first-order valence-corrected chi connectivity index (χ1v) is 6.39. The number of hydrogen-bond acceptors (Lipinski definition) is 4. The summed E-state index contributed by atoms with van der Waals surface area (Å²) < 4.78 is 36.0. The lowest BCUT2D eigenvalue weighted by atomic mass is 10.1. The Labute approximate surface area is 95.1 Å². The number of halogens is 2. The minimum absolute atomic E-state index is 0.209. The van der Waals surface area contributed by atoms with Crippen molar-refractivity contribution in [3.8, 4) is 0 Å². The van der Waals surface area contributed by atoms with Crippen LogP contribution in [0.15, 0.2) is 16.9 Å². The van der Waals surface area contributed by atoms with Gasteiger partial charge in [-0.25, -0.2) is 27.9 Å². The van der Waals surface area contributed by atoms with E-state index in [9.17, 15) is 12.8 Å². The molecule has 0 saturated heterocycles. The minimum Gasteiger partial charge on any atom is -0.237 e. The van der Waals surface area contributed by atoms with Gasteiger partial charge < -0.3 is 0 Å². The Morgan fingerprint density at radius 2 is 2.00 bits per heavy atom.